The molecule has 0 amide bonds. The van der Waals surface area contributed by atoms with Crippen LogP contribution in [0, 0.1) is 13.8 Å². The van der Waals surface area contributed by atoms with Crippen LogP contribution in [0.25, 0.3) is 0 Å². The molecule has 0 aliphatic carbocycles. The maximum Gasteiger partial charge on any atom is 0.224 e. The number of hydrogen-bond acceptors (Lipinski definition) is 3. The van der Waals surface area contributed by atoms with Gasteiger partial charge in [-0.3, -0.25) is 0 Å². The number of nitrogens with zero attached hydrogens (tertiary/aromatic N) is 1. The van der Waals surface area contributed by atoms with Crippen molar-refractivity contribution in [2.24, 2.45) is 5.73 Å². The van der Waals surface area contributed by atoms with E-state index in [1.54, 1.807) is 0 Å². The van der Waals surface area contributed by atoms with Crippen molar-refractivity contribution >= 4 is 15.9 Å². The van der Waals surface area contributed by atoms with E-state index in [4.69, 9.17) is 10.5 Å². The molecule has 1 aromatic carbocycles. The predicted octanol–water partition coefficient (Wildman–Crippen LogP) is 3.71. The summed E-state index contributed by atoms with van der Waals surface area (Å²) in [4.78, 5) is 4.42. The smallest absolute Gasteiger partial charge is 0.224 e. The molecule has 2 aromatic rings. The van der Waals surface area contributed by atoms with Crippen LogP contribution in [0.5, 0.6) is 11.6 Å². The first-order valence-corrected chi connectivity index (χ1v) is 6.50. The highest BCUT2D eigenvalue weighted by atomic mass is 79.9. The van der Waals surface area contributed by atoms with Gasteiger partial charge in [0.1, 0.15) is 5.75 Å². The van der Waals surface area contributed by atoms with Gasteiger partial charge >= 0.3 is 0 Å². The van der Waals surface area contributed by atoms with Crippen molar-refractivity contribution in [1.82, 2.24) is 4.98 Å². The van der Waals surface area contributed by atoms with Gasteiger partial charge in [0, 0.05) is 17.8 Å². The fraction of sp³-hybridized carbons (Fsp3) is 0.214. The monoisotopic (exact) mass is 306 g/mol. The van der Waals surface area contributed by atoms with Crippen molar-refractivity contribution in [3.8, 4) is 11.6 Å². The molecule has 0 fully saturated rings. The minimum atomic E-state index is 0.416. The van der Waals surface area contributed by atoms with E-state index < -0.39 is 0 Å². The van der Waals surface area contributed by atoms with E-state index in [1.165, 1.54) is 0 Å². The zero-order chi connectivity index (χ0) is 13.1. The fourth-order valence-corrected chi connectivity index (χ4v) is 2.16. The summed E-state index contributed by atoms with van der Waals surface area (Å²) in [6, 6.07) is 9.69. The van der Waals surface area contributed by atoms with Crippen molar-refractivity contribution < 1.29 is 4.74 Å². The largest absolute Gasteiger partial charge is 0.437 e. The van der Waals surface area contributed by atoms with Gasteiger partial charge in [-0.15, -0.1) is 0 Å². The van der Waals surface area contributed by atoms with Crippen LogP contribution < -0.4 is 10.5 Å². The summed E-state index contributed by atoms with van der Waals surface area (Å²) < 4.78 is 6.75. The van der Waals surface area contributed by atoms with Gasteiger partial charge in [-0.2, -0.15) is 0 Å². The van der Waals surface area contributed by atoms with Gasteiger partial charge in [0.15, 0.2) is 0 Å². The van der Waals surface area contributed by atoms with E-state index in [0.717, 1.165) is 27.0 Å². The lowest BCUT2D eigenvalue weighted by molar-refractivity contribution is 0.451. The number of pyridine rings is 1. The summed E-state index contributed by atoms with van der Waals surface area (Å²) in [6.45, 7) is 4.38. The number of aryl methyl sites for hydroxylation is 2. The molecule has 0 spiro atoms. The molecule has 94 valence electrons. The van der Waals surface area contributed by atoms with Crippen LogP contribution in [-0.4, -0.2) is 4.98 Å². The third-order valence-electron chi connectivity index (χ3n) is 2.68. The first kappa shape index (κ1) is 13.1. The maximum atomic E-state index is 5.85. The first-order chi connectivity index (χ1) is 8.61. The molecule has 2 rings (SSSR count). The van der Waals surface area contributed by atoms with Crippen LogP contribution >= 0.6 is 15.9 Å². The summed E-state index contributed by atoms with van der Waals surface area (Å²) in [6.07, 6.45) is 0. The number of nitrogens with two attached hydrogens (primary N) is 1. The molecule has 1 aromatic heterocycles. The van der Waals surface area contributed by atoms with Gasteiger partial charge < -0.3 is 10.5 Å². The normalized spacial score (nSPS) is 10.4. The minimum absolute atomic E-state index is 0.416. The van der Waals surface area contributed by atoms with Gasteiger partial charge in [-0.1, -0.05) is 12.1 Å². The number of para-hydroxylation sites is 1. The summed E-state index contributed by atoms with van der Waals surface area (Å²) in [5.74, 6) is 1.33. The number of rotatable bonds is 3. The number of benzene rings is 1. The molecule has 18 heavy (non-hydrogen) atoms. The SMILES string of the molecule is Cc1cc(C)c(CN)c(Oc2ccccc2Br)n1. The highest BCUT2D eigenvalue weighted by Crippen LogP contribution is 2.31. The quantitative estimate of drug-likeness (QED) is 0.940. The van der Waals surface area contributed by atoms with Crippen molar-refractivity contribution in [2.75, 3.05) is 0 Å². The van der Waals surface area contributed by atoms with E-state index in [2.05, 4.69) is 20.9 Å². The number of hydrogen-bond donors (Lipinski definition) is 1. The number of ether oxygens (including phenoxy) is 1. The Labute approximate surface area is 115 Å². The third kappa shape index (κ3) is 2.71. The molecule has 0 saturated heterocycles. The van der Waals surface area contributed by atoms with Gasteiger partial charge in [-0.25, -0.2) is 4.98 Å². The number of aromatic nitrogens is 1. The Morgan fingerprint density at radius 3 is 2.67 bits per heavy atom. The van der Waals surface area contributed by atoms with E-state index in [9.17, 15) is 0 Å². The molecule has 0 radical (unpaired) electrons. The van der Waals surface area contributed by atoms with Gasteiger partial charge in [0.05, 0.1) is 4.47 Å². The number of halogens is 1. The Balaban J connectivity index is 2.43. The van der Waals surface area contributed by atoms with Crippen LogP contribution in [0.1, 0.15) is 16.8 Å². The second-order valence-electron chi connectivity index (χ2n) is 4.10. The Kier molecular flexibility index (Phi) is 3.99. The lowest BCUT2D eigenvalue weighted by Crippen LogP contribution is -2.05. The lowest BCUT2D eigenvalue weighted by Gasteiger charge is -2.13. The average Bonchev–Trinajstić information content (AvgIpc) is 2.31. The highest BCUT2D eigenvalue weighted by Gasteiger charge is 2.11. The summed E-state index contributed by atoms with van der Waals surface area (Å²) >= 11 is 3.45. The second kappa shape index (κ2) is 5.50. The van der Waals surface area contributed by atoms with Gasteiger partial charge in [0.25, 0.3) is 0 Å². The van der Waals surface area contributed by atoms with E-state index in [-0.39, 0.29) is 0 Å². The van der Waals surface area contributed by atoms with Crippen LogP contribution in [0.2, 0.25) is 0 Å². The molecule has 0 aliphatic rings. The molecule has 0 saturated carbocycles. The summed E-state index contributed by atoms with van der Waals surface area (Å²) in [5, 5.41) is 0. The fourth-order valence-electron chi connectivity index (χ4n) is 1.79. The van der Waals surface area contributed by atoms with E-state index in [0.29, 0.717) is 12.4 Å². The molecule has 4 heteroatoms. The van der Waals surface area contributed by atoms with E-state index >= 15 is 0 Å². The molecule has 0 aliphatic heterocycles. The van der Waals surface area contributed by atoms with Crippen molar-refractivity contribution in [3.05, 3.63) is 51.6 Å². The van der Waals surface area contributed by atoms with Crippen molar-refractivity contribution in [2.45, 2.75) is 20.4 Å². The zero-order valence-corrected chi connectivity index (χ0v) is 12.0. The Morgan fingerprint density at radius 1 is 1.28 bits per heavy atom. The van der Waals surface area contributed by atoms with Crippen LogP contribution in [-0.2, 0) is 6.54 Å². The molecular weight excluding hydrogens is 292 g/mol. The Bertz CT molecular complexity index is 570. The predicted molar refractivity (Wildman–Crippen MR) is 75.8 cm³/mol. The maximum absolute atomic E-state index is 5.85. The van der Waals surface area contributed by atoms with Crippen LogP contribution in [0.15, 0.2) is 34.8 Å². The molecule has 2 N–H and O–H groups in total. The molecule has 0 unspecified atom stereocenters. The van der Waals surface area contributed by atoms with Crippen molar-refractivity contribution in [1.29, 1.82) is 0 Å². The Hall–Kier alpha value is -1.39. The molecule has 0 bridgehead atoms. The zero-order valence-electron chi connectivity index (χ0n) is 10.4. The van der Waals surface area contributed by atoms with Crippen molar-refractivity contribution in [3.63, 3.8) is 0 Å². The second-order valence-corrected chi connectivity index (χ2v) is 4.96. The molecule has 3 nitrogen and oxygen atoms in total. The molecule has 1 heterocycles. The summed E-state index contributed by atoms with van der Waals surface area (Å²) in [5.41, 5.74) is 8.73. The first-order valence-electron chi connectivity index (χ1n) is 5.71. The van der Waals surface area contributed by atoms with Crippen LogP contribution in [0.4, 0.5) is 0 Å². The molecule has 0 atom stereocenters. The Morgan fingerprint density at radius 2 is 2.00 bits per heavy atom. The highest BCUT2D eigenvalue weighted by molar-refractivity contribution is 9.10. The topological polar surface area (TPSA) is 48.1 Å². The van der Waals surface area contributed by atoms with Gasteiger partial charge in [0.2, 0.25) is 5.88 Å². The third-order valence-corrected chi connectivity index (χ3v) is 3.34. The van der Waals surface area contributed by atoms with Crippen LogP contribution in [0.3, 0.4) is 0 Å². The van der Waals surface area contributed by atoms with Gasteiger partial charge in [-0.05, 0) is 53.5 Å². The molecular formula is C14H15BrN2O. The lowest BCUT2D eigenvalue weighted by atomic mass is 10.1. The van der Waals surface area contributed by atoms with E-state index in [1.807, 2.05) is 44.2 Å². The standard InChI is InChI=1S/C14H15BrN2O/c1-9-7-10(2)17-14(11(9)8-16)18-13-6-4-3-5-12(13)15/h3-7H,8,16H2,1-2H3. The average molecular weight is 307 g/mol. The minimum Gasteiger partial charge on any atom is -0.437 e. The summed E-state index contributed by atoms with van der Waals surface area (Å²) in [7, 11) is 0.